The second-order valence-electron chi connectivity index (χ2n) is 5.73. The Morgan fingerprint density at radius 1 is 1.19 bits per heavy atom. The van der Waals surface area contributed by atoms with Crippen molar-refractivity contribution in [1.29, 1.82) is 0 Å². The van der Waals surface area contributed by atoms with E-state index in [-0.39, 0.29) is 17.7 Å². The molecule has 8 nitrogen and oxygen atoms in total. The van der Waals surface area contributed by atoms with Gasteiger partial charge in [0.1, 0.15) is 11.3 Å². The topological polar surface area (TPSA) is 87.7 Å². The molecule has 0 bridgehead atoms. The average Bonchev–Trinajstić information content (AvgIpc) is 3.13. The van der Waals surface area contributed by atoms with Gasteiger partial charge in [0.25, 0.3) is 5.56 Å². The lowest BCUT2D eigenvalue weighted by molar-refractivity contribution is 0.0528. The number of benzene rings is 1. The van der Waals surface area contributed by atoms with E-state index >= 15 is 0 Å². The molecule has 0 N–H and O–H groups in total. The van der Waals surface area contributed by atoms with Gasteiger partial charge in [0.2, 0.25) is 0 Å². The number of fused-ring (bicyclic) bond motifs is 3. The van der Waals surface area contributed by atoms with E-state index in [1.165, 1.54) is 21.5 Å². The summed E-state index contributed by atoms with van der Waals surface area (Å²) in [5, 5.41) is 4.58. The molecule has 0 spiro atoms. The average molecular weight is 364 g/mol. The molecule has 27 heavy (non-hydrogen) atoms. The summed E-state index contributed by atoms with van der Waals surface area (Å²) in [5.74, 6) is 0.0818. The van der Waals surface area contributed by atoms with E-state index in [1.54, 1.807) is 38.4 Å². The molecule has 0 aliphatic heterocycles. The zero-order valence-electron chi connectivity index (χ0n) is 14.7. The van der Waals surface area contributed by atoms with Crippen LogP contribution in [0.3, 0.4) is 0 Å². The number of nitrogens with zero attached hydrogens (tertiary/aromatic N) is 4. The first-order chi connectivity index (χ1) is 13.2. The molecule has 8 heteroatoms. The molecule has 3 aromatic heterocycles. The van der Waals surface area contributed by atoms with Crippen LogP contribution in [0, 0.1) is 0 Å². The lowest BCUT2D eigenvalue weighted by Gasteiger charge is -2.11. The molecule has 0 unspecified atom stereocenters. The Morgan fingerprint density at radius 3 is 2.78 bits per heavy atom. The predicted octanol–water partition coefficient (Wildman–Crippen LogP) is 2.22. The Balaban J connectivity index is 1.94. The highest BCUT2D eigenvalue weighted by Gasteiger charge is 2.18. The van der Waals surface area contributed by atoms with Crippen molar-refractivity contribution in [3.05, 3.63) is 64.8 Å². The highest BCUT2D eigenvalue weighted by Crippen LogP contribution is 2.22. The summed E-state index contributed by atoms with van der Waals surface area (Å²) in [5.41, 5.74) is 1.51. The third-order valence-electron chi connectivity index (χ3n) is 4.23. The quantitative estimate of drug-likeness (QED) is 0.516. The van der Waals surface area contributed by atoms with E-state index < -0.39 is 5.97 Å². The first-order valence-corrected chi connectivity index (χ1v) is 8.34. The second-order valence-corrected chi connectivity index (χ2v) is 5.73. The van der Waals surface area contributed by atoms with Crippen molar-refractivity contribution < 1.29 is 14.3 Å². The number of hydrogen-bond acceptors (Lipinski definition) is 6. The van der Waals surface area contributed by atoms with Gasteiger partial charge in [-0.1, -0.05) is 12.1 Å². The molecule has 0 atom stereocenters. The van der Waals surface area contributed by atoms with E-state index in [1.807, 2.05) is 12.1 Å². The minimum absolute atomic E-state index is 0.257. The van der Waals surface area contributed by atoms with Gasteiger partial charge in [-0.05, 0) is 25.1 Å². The van der Waals surface area contributed by atoms with Crippen LogP contribution in [-0.4, -0.2) is 38.9 Å². The Kier molecular flexibility index (Phi) is 4.08. The van der Waals surface area contributed by atoms with Crippen LogP contribution >= 0.6 is 0 Å². The zero-order valence-corrected chi connectivity index (χ0v) is 14.7. The van der Waals surface area contributed by atoms with Crippen LogP contribution in [-0.2, 0) is 4.74 Å². The summed E-state index contributed by atoms with van der Waals surface area (Å²) in [6.07, 6.45) is 4.49. The second kappa shape index (κ2) is 6.56. The molecule has 1 aromatic carbocycles. The van der Waals surface area contributed by atoms with Gasteiger partial charge in [-0.2, -0.15) is 5.10 Å². The molecular weight excluding hydrogens is 348 g/mol. The smallest absolute Gasteiger partial charge is 0.343 e. The summed E-state index contributed by atoms with van der Waals surface area (Å²) in [4.78, 5) is 29.3. The van der Waals surface area contributed by atoms with E-state index in [0.717, 1.165) is 0 Å². The van der Waals surface area contributed by atoms with Crippen LogP contribution in [0.4, 0.5) is 0 Å². The monoisotopic (exact) mass is 364 g/mol. The van der Waals surface area contributed by atoms with Crippen LogP contribution in [0.5, 0.6) is 5.75 Å². The molecule has 0 fully saturated rings. The minimum atomic E-state index is -0.498. The maximum atomic E-state index is 13.0. The lowest BCUT2D eigenvalue weighted by atomic mass is 10.2. The van der Waals surface area contributed by atoms with Crippen molar-refractivity contribution in [1.82, 2.24) is 19.2 Å². The van der Waals surface area contributed by atoms with Crippen molar-refractivity contribution >= 4 is 22.5 Å². The first-order valence-electron chi connectivity index (χ1n) is 8.34. The molecule has 136 valence electrons. The van der Waals surface area contributed by atoms with Crippen LogP contribution < -0.4 is 10.3 Å². The van der Waals surface area contributed by atoms with Crippen LogP contribution in [0.2, 0.25) is 0 Å². The number of aromatic nitrogens is 4. The van der Waals surface area contributed by atoms with E-state index in [4.69, 9.17) is 9.47 Å². The summed E-state index contributed by atoms with van der Waals surface area (Å²) in [7, 11) is 1.55. The van der Waals surface area contributed by atoms with Gasteiger partial charge >= 0.3 is 5.97 Å². The molecule has 0 saturated carbocycles. The number of ether oxygens (including phenoxy) is 2. The van der Waals surface area contributed by atoms with Crippen molar-refractivity contribution in [2.45, 2.75) is 6.92 Å². The number of carbonyl (C=O) groups excluding carboxylic acids is 1. The van der Waals surface area contributed by atoms with Gasteiger partial charge in [0.05, 0.1) is 36.5 Å². The maximum absolute atomic E-state index is 13.0. The SMILES string of the molecule is CCOC(=O)c1cnn2c1ncc1c(=O)n(-c3ccccc3OC)ccc12. The fourth-order valence-corrected chi connectivity index (χ4v) is 2.99. The molecule has 0 aliphatic carbocycles. The third kappa shape index (κ3) is 2.62. The van der Waals surface area contributed by atoms with Crippen LogP contribution in [0.1, 0.15) is 17.3 Å². The van der Waals surface area contributed by atoms with E-state index in [2.05, 4.69) is 10.1 Å². The molecule has 0 saturated heterocycles. The Hall–Kier alpha value is -3.68. The number of esters is 1. The standard InChI is InChI=1S/C19H16N4O4/c1-3-27-19(25)13-11-21-23-14-8-9-22(15-6-4-5-7-16(15)26-2)18(24)12(14)10-20-17(13)23/h4-11H,3H2,1-2H3. The summed E-state index contributed by atoms with van der Waals surface area (Å²) in [6, 6.07) is 8.99. The number of hydrogen-bond donors (Lipinski definition) is 0. The number of carbonyl (C=O) groups is 1. The van der Waals surface area contributed by atoms with Gasteiger partial charge < -0.3 is 9.47 Å². The highest BCUT2D eigenvalue weighted by atomic mass is 16.5. The van der Waals surface area contributed by atoms with Gasteiger partial charge in [-0.15, -0.1) is 0 Å². The van der Waals surface area contributed by atoms with E-state index in [0.29, 0.717) is 28.0 Å². The molecular formula is C19H16N4O4. The first kappa shape index (κ1) is 16.8. The fraction of sp³-hybridized carbons (Fsp3) is 0.158. The van der Waals surface area contributed by atoms with Crippen molar-refractivity contribution in [2.75, 3.05) is 13.7 Å². The van der Waals surface area contributed by atoms with Gasteiger partial charge in [-0.3, -0.25) is 9.36 Å². The van der Waals surface area contributed by atoms with Crippen LogP contribution in [0.15, 0.2) is 53.7 Å². The number of rotatable bonds is 4. The summed E-state index contributed by atoms with van der Waals surface area (Å²) >= 11 is 0. The fourth-order valence-electron chi connectivity index (χ4n) is 2.99. The van der Waals surface area contributed by atoms with Gasteiger partial charge in [0, 0.05) is 12.4 Å². The van der Waals surface area contributed by atoms with Crippen molar-refractivity contribution in [2.24, 2.45) is 0 Å². The van der Waals surface area contributed by atoms with Gasteiger partial charge in [0.15, 0.2) is 5.65 Å². The predicted molar refractivity (Wildman–Crippen MR) is 98.6 cm³/mol. The number of para-hydroxylation sites is 2. The Bertz CT molecular complexity index is 1230. The number of pyridine rings is 1. The minimum Gasteiger partial charge on any atom is -0.495 e. The molecule has 4 rings (SSSR count). The molecule has 0 aliphatic rings. The number of methoxy groups -OCH3 is 1. The molecule has 4 aromatic rings. The molecule has 3 heterocycles. The Labute approximate surface area is 153 Å². The Morgan fingerprint density at radius 2 is 2.00 bits per heavy atom. The maximum Gasteiger partial charge on any atom is 0.343 e. The molecule has 0 radical (unpaired) electrons. The lowest BCUT2D eigenvalue weighted by Crippen LogP contribution is -2.19. The largest absolute Gasteiger partial charge is 0.495 e. The zero-order chi connectivity index (χ0) is 19.0. The van der Waals surface area contributed by atoms with E-state index in [9.17, 15) is 9.59 Å². The highest BCUT2D eigenvalue weighted by molar-refractivity contribution is 5.97. The van der Waals surface area contributed by atoms with Gasteiger partial charge in [-0.25, -0.2) is 14.3 Å². The van der Waals surface area contributed by atoms with Crippen molar-refractivity contribution in [3.63, 3.8) is 0 Å². The van der Waals surface area contributed by atoms with Crippen molar-refractivity contribution in [3.8, 4) is 11.4 Å². The summed E-state index contributed by atoms with van der Waals surface area (Å²) in [6.45, 7) is 1.99. The third-order valence-corrected chi connectivity index (χ3v) is 4.23. The molecule has 0 amide bonds. The summed E-state index contributed by atoms with van der Waals surface area (Å²) < 4.78 is 13.3. The normalized spacial score (nSPS) is 11.0. The van der Waals surface area contributed by atoms with Crippen LogP contribution in [0.25, 0.3) is 22.2 Å².